The van der Waals surface area contributed by atoms with Crippen LogP contribution in [0.5, 0.6) is 0 Å². The molecule has 162 valence electrons. The van der Waals surface area contributed by atoms with Crippen LogP contribution in [-0.2, 0) is 4.79 Å². The van der Waals surface area contributed by atoms with E-state index in [9.17, 15) is 9.59 Å². The fourth-order valence-electron chi connectivity index (χ4n) is 2.85. The van der Waals surface area contributed by atoms with Crippen molar-refractivity contribution in [1.29, 1.82) is 0 Å². The zero-order chi connectivity index (χ0) is 22.9. The van der Waals surface area contributed by atoms with Crippen molar-refractivity contribution in [3.8, 4) is 16.9 Å². The van der Waals surface area contributed by atoms with Crippen molar-refractivity contribution in [2.75, 3.05) is 0 Å². The Morgan fingerprint density at radius 3 is 2.13 bits per heavy atom. The average molecular weight is 480 g/mol. The van der Waals surface area contributed by atoms with E-state index >= 15 is 0 Å². The fourth-order valence-corrected chi connectivity index (χ4v) is 3.46. The summed E-state index contributed by atoms with van der Waals surface area (Å²) >= 11 is 18.5. The Hall–Kier alpha value is -2.54. The number of nitrogens with one attached hydrogen (secondary N) is 2. The van der Waals surface area contributed by atoms with Gasteiger partial charge in [-0.15, -0.1) is 0 Å². The molecule has 0 spiro atoms. The highest BCUT2D eigenvalue weighted by molar-refractivity contribution is 6.35. The van der Waals surface area contributed by atoms with Crippen LogP contribution < -0.4 is 10.9 Å². The van der Waals surface area contributed by atoms with Gasteiger partial charge in [-0.3, -0.25) is 20.4 Å². The van der Waals surface area contributed by atoms with Gasteiger partial charge in [0.15, 0.2) is 5.69 Å². The van der Waals surface area contributed by atoms with E-state index in [4.69, 9.17) is 34.8 Å². The quantitative estimate of drug-likeness (QED) is 0.479. The third kappa shape index (κ3) is 5.03. The maximum absolute atomic E-state index is 12.8. The molecule has 0 saturated carbocycles. The molecule has 0 aliphatic carbocycles. The molecule has 0 radical (unpaired) electrons. The summed E-state index contributed by atoms with van der Waals surface area (Å²) in [5, 5.41) is 5.94. The predicted molar refractivity (Wildman–Crippen MR) is 124 cm³/mol. The minimum absolute atomic E-state index is 0.144. The van der Waals surface area contributed by atoms with Gasteiger partial charge in [-0.25, -0.2) is 4.68 Å². The van der Waals surface area contributed by atoms with Gasteiger partial charge in [0.25, 0.3) is 5.91 Å². The van der Waals surface area contributed by atoms with Crippen LogP contribution in [-0.4, -0.2) is 21.6 Å². The molecule has 0 aliphatic rings. The smallest absolute Gasteiger partial charge is 0.273 e. The minimum Gasteiger partial charge on any atom is -0.273 e. The summed E-state index contributed by atoms with van der Waals surface area (Å²) in [6.45, 7) is 7.01. The van der Waals surface area contributed by atoms with Gasteiger partial charge in [0.2, 0.25) is 5.91 Å². The number of hydrogen-bond acceptors (Lipinski definition) is 3. The molecule has 0 fully saturated rings. The molecule has 0 saturated heterocycles. The maximum Gasteiger partial charge on any atom is 0.290 e. The molecule has 2 N–H and O–H groups in total. The van der Waals surface area contributed by atoms with Gasteiger partial charge in [-0.1, -0.05) is 67.7 Å². The number of nitrogens with zero attached hydrogens (tertiary/aromatic N) is 2. The molecule has 9 heteroatoms. The summed E-state index contributed by atoms with van der Waals surface area (Å²) in [5.74, 6) is -0.870. The second-order valence-electron chi connectivity index (χ2n) is 7.99. The Kier molecular flexibility index (Phi) is 6.65. The molecule has 0 bridgehead atoms. The molecule has 1 aromatic heterocycles. The molecule has 2 aromatic carbocycles. The third-order valence-electron chi connectivity index (χ3n) is 4.56. The number of amides is 2. The summed E-state index contributed by atoms with van der Waals surface area (Å²) < 4.78 is 1.58. The van der Waals surface area contributed by atoms with Crippen LogP contribution in [0, 0.1) is 12.3 Å². The summed E-state index contributed by atoms with van der Waals surface area (Å²) in [5.41, 5.74) is 6.96. The van der Waals surface area contributed by atoms with Gasteiger partial charge < -0.3 is 0 Å². The van der Waals surface area contributed by atoms with Crippen molar-refractivity contribution in [3.05, 3.63) is 68.8 Å². The Balaban J connectivity index is 2.09. The lowest BCUT2D eigenvalue weighted by Gasteiger charge is -2.17. The molecule has 2 amide bonds. The largest absolute Gasteiger partial charge is 0.290 e. The van der Waals surface area contributed by atoms with Crippen LogP contribution in [0.4, 0.5) is 0 Å². The van der Waals surface area contributed by atoms with Crippen LogP contribution in [0.3, 0.4) is 0 Å². The van der Waals surface area contributed by atoms with E-state index in [1.807, 2.05) is 12.1 Å². The molecular formula is C22H21Cl3N4O2. The zero-order valence-electron chi connectivity index (χ0n) is 17.4. The van der Waals surface area contributed by atoms with Crippen molar-refractivity contribution in [1.82, 2.24) is 20.6 Å². The molecule has 3 rings (SSSR count). The highest BCUT2D eigenvalue weighted by Gasteiger charge is 2.25. The normalized spacial score (nSPS) is 11.3. The number of halogens is 3. The standard InChI is InChI=1S/C22H21Cl3N4O2/c1-12-18(20(30)26-27-21(31)22(2,3)4)28-29(17-10-9-15(24)11-16(17)25)19(12)13-5-7-14(23)8-6-13/h5-11H,1-4H3,(H,26,30)(H,27,31). The fraction of sp³-hybridized carbons (Fsp3) is 0.227. The van der Waals surface area contributed by atoms with Crippen molar-refractivity contribution in [2.45, 2.75) is 27.7 Å². The minimum atomic E-state index is -0.660. The van der Waals surface area contributed by atoms with Crippen LogP contribution in [0.15, 0.2) is 42.5 Å². The monoisotopic (exact) mass is 478 g/mol. The first kappa shape index (κ1) is 23.1. The predicted octanol–water partition coefficient (Wildman–Crippen LogP) is 5.62. The van der Waals surface area contributed by atoms with Gasteiger partial charge in [0.05, 0.1) is 16.4 Å². The first-order valence-electron chi connectivity index (χ1n) is 9.41. The molecule has 31 heavy (non-hydrogen) atoms. The van der Waals surface area contributed by atoms with E-state index in [-0.39, 0.29) is 11.6 Å². The second-order valence-corrected chi connectivity index (χ2v) is 9.27. The zero-order valence-corrected chi connectivity index (χ0v) is 19.7. The second kappa shape index (κ2) is 8.91. The van der Waals surface area contributed by atoms with E-state index < -0.39 is 11.3 Å². The molecular weight excluding hydrogens is 459 g/mol. The number of hydrazine groups is 1. The van der Waals surface area contributed by atoms with E-state index in [0.717, 1.165) is 5.56 Å². The lowest BCUT2D eigenvalue weighted by molar-refractivity contribution is -0.129. The van der Waals surface area contributed by atoms with Crippen LogP contribution >= 0.6 is 34.8 Å². The Labute approximate surface area is 195 Å². The highest BCUT2D eigenvalue weighted by atomic mass is 35.5. The highest BCUT2D eigenvalue weighted by Crippen LogP contribution is 2.33. The summed E-state index contributed by atoms with van der Waals surface area (Å²) in [4.78, 5) is 25.0. The van der Waals surface area contributed by atoms with E-state index in [1.54, 1.807) is 62.7 Å². The van der Waals surface area contributed by atoms with Crippen LogP contribution in [0.1, 0.15) is 36.8 Å². The van der Waals surface area contributed by atoms with E-state index in [1.165, 1.54) is 0 Å². The molecule has 0 aliphatic heterocycles. The Bertz CT molecular complexity index is 1150. The number of hydrogen-bond donors (Lipinski definition) is 2. The van der Waals surface area contributed by atoms with Gasteiger partial charge in [-0.2, -0.15) is 5.10 Å². The van der Waals surface area contributed by atoms with Crippen molar-refractivity contribution in [3.63, 3.8) is 0 Å². The first-order chi connectivity index (χ1) is 14.5. The first-order valence-corrected chi connectivity index (χ1v) is 10.5. The van der Waals surface area contributed by atoms with Gasteiger partial charge in [0.1, 0.15) is 0 Å². The topological polar surface area (TPSA) is 76.0 Å². The average Bonchev–Trinajstić information content (AvgIpc) is 3.02. The maximum atomic E-state index is 12.8. The third-order valence-corrected chi connectivity index (χ3v) is 5.35. The lowest BCUT2D eigenvalue weighted by atomic mass is 9.96. The van der Waals surface area contributed by atoms with Crippen molar-refractivity contribution >= 4 is 46.6 Å². The Morgan fingerprint density at radius 2 is 1.55 bits per heavy atom. The van der Waals surface area contributed by atoms with E-state index in [0.29, 0.717) is 32.0 Å². The number of carbonyl (C=O) groups excluding carboxylic acids is 2. The molecule has 1 heterocycles. The molecule has 3 aromatic rings. The Morgan fingerprint density at radius 1 is 0.935 bits per heavy atom. The summed E-state index contributed by atoms with van der Waals surface area (Å²) in [6.07, 6.45) is 0. The SMILES string of the molecule is Cc1c(C(=O)NNC(=O)C(C)(C)C)nn(-c2ccc(Cl)cc2Cl)c1-c1ccc(Cl)cc1. The lowest BCUT2D eigenvalue weighted by Crippen LogP contribution is -2.46. The van der Waals surface area contributed by atoms with Crippen molar-refractivity contribution in [2.24, 2.45) is 5.41 Å². The van der Waals surface area contributed by atoms with Gasteiger partial charge in [-0.05, 0) is 37.3 Å². The van der Waals surface area contributed by atoms with Gasteiger partial charge >= 0.3 is 0 Å². The number of rotatable bonds is 3. The number of carbonyl (C=O) groups is 2. The van der Waals surface area contributed by atoms with Crippen molar-refractivity contribution < 1.29 is 9.59 Å². The molecule has 6 nitrogen and oxygen atoms in total. The number of benzene rings is 2. The summed E-state index contributed by atoms with van der Waals surface area (Å²) in [7, 11) is 0. The van der Waals surface area contributed by atoms with E-state index in [2.05, 4.69) is 16.0 Å². The van der Waals surface area contributed by atoms with Gasteiger partial charge in [0, 0.05) is 26.6 Å². The number of aromatic nitrogens is 2. The molecule has 0 atom stereocenters. The summed E-state index contributed by atoms with van der Waals surface area (Å²) in [6, 6.07) is 12.2. The van der Waals surface area contributed by atoms with Crippen LogP contribution in [0.2, 0.25) is 15.1 Å². The van der Waals surface area contributed by atoms with Crippen LogP contribution in [0.25, 0.3) is 16.9 Å². The molecule has 0 unspecified atom stereocenters.